The summed E-state index contributed by atoms with van der Waals surface area (Å²) in [5.74, 6) is 2.83. The van der Waals surface area contributed by atoms with Crippen molar-refractivity contribution in [3.05, 3.63) is 24.3 Å². The molecule has 6 rings (SSSR count). The van der Waals surface area contributed by atoms with Crippen molar-refractivity contribution in [1.29, 1.82) is 0 Å². The highest BCUT2D eigenvalue weighted by Crippen LogP contribution is 2.56. The van der Waals surface area contributed by atoms with Gasteiger partial charge in [-0.3, -0.25) is 9.59 Å². The number of anilines is 2. The predicted molar refractivity (Wildman–Crippen MR) is 110 cm³/mol. The average molecular weight is 382 g/mol. The van der Waals surface area contributed by atoms with Crippen molar-refractivity contribution < 1.29 is 9.59 Å². The van der Waals surface area contributed by atoms with Crippen LogP contribution in [0.2, 0.25) is 0 Å². The monoisotopic (exact) mass is 381 g/mol. The number of nitrogens with one attached hydrogen (secondary N) is 2. The van der Waals surface area contributed by atoms with Gasteiger partial charge in [0.2, 0.25) is 11.8 Å². The van der Waals surface area contributed by atoms with Crippen molar-refractivity contribution in [2.75, 3.05) is 23.7 Å². The van der Waals surface area contributed by atoms with E-state index < -0.39 is 0 Å². The summed E-state index contributed by atoms with van der Waals surface area (Å²) in [5.41, 5.74) is 2.14. The van der Waals surface area contributed by atoms with Gasteiger partial charge < -0.3 is 15.5 Å². The van der Waals surface area contributed by atoms with Crippen LogP contribution in [0.4, 0.5) is 11.4 Å². The van der Waals surface area contributed by atoms with E-state index in [1.54, 1.807) is 4.90 Å². The lowest BCUT2D eigenvalue weighted by atomic mass is 9.53. The number of likely N-dealkylation sites (tertiary alicyclic amines) is 1. The molecule has 2 amide bonds. The molecular formula is C23H31N3O2. The lowest BCUT2D eigenvalue weighted by molar-refractivity contribution is -0.128. The largest absolute Gasteiger partial charge is 0.378 e. The van der Waals surface area contributed by atoms with Crippen LogP contribution in [0.1, 0.15) is 57.8 Å². The van der Waals surface area contributed by atoms with Crippen molar-refractivity contribution >= 4 is 23.2 Å². The number of benzene rings is 1. The molecule has 5 fully saturated rings. The van der Waals surface area contributed by atoms with E-state index in [1.807, 2.05) is 18.2 Å². The van der Waals surface area contributed by atoms with Crippen LogP contribution in [0.3, 0.4) is 0 Å². The van der Waals surface area contributed by atoms with E-state index in [4.69, 9.17) is 0 Å². The van der Waals surface area contributed by atoms with Crippen molar-refractivity contribution in [2.24, 2.45) is 17.8 Å². The number of nitrogens with zero attached hydrogens (tertiary/aromatic N) is 1. The molecule has 5 heteroatoms. The lowest BCUT2D eigenvalue weighted by Crippen LogP contribution is -2.54. The molecule has 4 aliphatic carbocycles. The van der Waals surface area contributed by atoms with E-state index in [-0.39, 0.29) is 17.4 Å². The minimum atomic E-state index is -0.0144. The molecule has 0 unspecified atom stereocenters. The SMILES string of the molecule is O=C(CCN1CCCC1=O)Nc1ccccc1NC12CC3CC(CC(C3)C1)C2. The Balaban J connectivity index is 1.24. The maximum Gasteiger partial charge on any atom is 0.226 e. The summed E-state index contributed by atoms with van der Waals surface area (Å²) in [5, 5.41) is 6.98. The van der Waals surface area contributed by atoms with Gasteiger partial charge in [-0.1, -0.05) is 12.1 Å². The zero-order valence-electron chi connectivity index (χ0n) is 16.6. The van der Waals surface area contributed by atoms with Crippen LogP contribution in [0.5, 0.6) is 0 Å². The van der Waals surface area contributed by atoms with Crippen LogP contribution in [0, 0.1) is 17.8 Å². The van der Waals surface area contributed by atoms with Gasteiger partial charge in [0.25, 0.3) is 0 Å². The summed E-state index contributed by atoms with van der Waals surface area (Å²) in [6.45, 7) is 1.31. The Hall–Kier alpha value is -2.04. The second-order valence-electron chi connectivity index (χ2n) is 9.65. The summed E-state index contributed by atoms with van der Waals surface area (Å²) in [6.07, 6.45) is 10.0. The number of hydrogen-bond donors (Lipinski definition) is 2. The first-order valence-electron chi connectivity index (χ1n) is 11.0. The minimum absolute atomic E-state index is 0.0144. The molecule has 150 valence electrons. The maximum absolute atomic E-state index is 12.5. The fraction of sp³-hybridized carbons (Fsp3) is 0.652. The van der Waals surface area contributed by atoms with Gasteiger partial charge in [-0.2, -0.15) is 0 Å². The Labute approximate surface area is 167 Å². The van der Waals surface area contributed by atoms with E-state index in [2.05, 4.69) is 16.7 Å². The normalized spacial score (nSPS) is 33.4. The number of para-hydroxylation sites is 2. The Morgan fingerprint density at radius 3 is 2.29 bits per heavy atom. The number of hydrogen-bond acceptors (Lipinski definition) is 3. The van der Waals surface area contributed by atoms with E-state index >= 15 is 0 Å². The Morgan fingerprint density at radius 1 is 1.04 bits per heavy atom. The topological polar surface area (TPSA) is 61.4 Å². The Kier molecular flexibility index (Phi) is 4.56. The molecule has 4 saturated carbocycles. The maximum atomic E-state index is 12.5. The number of amides is 2. The fourth-order valence-electron chi connectivity index (χ4n) is 6.64. The minimum Gasteiger partial charge on any atom is -0.378 e. The number of carbonyl (C=O) groups excluding carboxylic acids is 2. The van der Waals surface area contributed by atoms with Crippen LogP contribution in [0.25, 0.3) is 0 Å². The molecule has 2 N–H and O–H groups in total. The summed E-state index contributed by atoms with van der Waals surface area (Å²) in [4.78, 5) is 26.1. The van der Waals surface area contributed by atoms with Crippen LogP contribution in [0.15, 0.2) is 24.3 Å². The van der Waals surface area contributed by atoms with Crippen LogP contribution < -0.4 is 10.6 Å². The Bertz CT molecular complexity index is 740. The molecule has 5 nitrogen and oxygen atoms in total. The van der Waals surface area contributed by atoms with Crippen LogP contribution in [-0.2, 0) is 9.59 Å². The third-order valence-corrected chi connectivity index (χ3v) is 7.42. The smallest absolute Gasteiger partial charge is 0.226 e. The highest BCUT2D eigenvalue weighted by Gasteiger charge is 2.51. The van der Waals surface area contributed by atoms with Crippen LogP contribution in [-0.4, -0.2) is 35.3 Å². The van der Waals surface area contributed by atoms with Crippen LogP contribution >= 0.6 is 0 Å². The summed E-state index contributed by atoms with van der Waals surface area (Å²) in [7, 11) is 0. The first-order chi connectivity index (χ1) is 13.6. The van der Waals surface area contributed by atoms with Gasteiger partial charge in [0.1, 0.15) is 0 Å². The third kappa shape index (κ3) is 3.51. The van der Waals surface area contributed by atoms with Crippen molar-refractivity contribution in [2.45, 2.75) is 63.3 Å². The molecule has 0 atom stereocenters. The highest BCUT2D eigenvalue weighted by molar-refractivity contribution is 5.94. The molecule has 1 saturated heterocycles. The quantitative estimate of drug-likeness (QED) is 0.782. The van der Waals surface area contributed by atoms with Gasteiger partial charge in [0.05, 0.1) is 11.4 Å². The standard InChI is InChI=1S/C23H31N3O2/c27-21(7-9-26-8-3-6-22(26)28)24-19-4-1-2-5-20(19)25-23-13-16-10-17(14-23)12-18(11-16)15-23/h1-2,4-5,16-18,25H,3,6-15H2,(H,24,27). The van der Waals surface area contributed by atoms with E-state index in [1.165, 1.54) is 38.5 Å². The van der Waals surface area contributed by atoms with Gasteiger partial charge in [0, 0.05) is 31.5 Å². The average Bonchev–Trinajstić information content (AvgIpc) is 3.05. The molecule has 0 aromatic heterocycles. The molecule has 5 aliphatic rings. The fourth-order valence-corrected chi connectivity index (χ4v) is 6.64. The summed E-state index contributed by atoms with van der Waals surface area (Å²) in [6, 6.07) is 8.10. The van der Waals surface area contributed by atoms with Gasteiger partial charge in [0.15, 0.2) is 0 Å². The van der Waals surface area contributed by atoms with E-state index in [0.717, 1.165) is 42.1 Å². The lowest BCUT2D eigenvalue weighted by Gasteiger charge is -2.57. The van der Waals surface area contributed by atoms with Crippen molar-refractivity contribution in [3.63, 3.8) is 0 Å². The second kappa shape index (κ2) is 7.09. The molecule has 1 heterocycles. The first kappa shape index (κ1) is 18.0. The summed E-state index contributed by atoms with van der Waals surface area (Å²) < 4.78 is 0. The number of carbonyl (C=O) groups is 2. The third-order valence-electron chi connectivity index (χ3n) is 7.42. The molecular weight excluding hydrogens is 350 g/mol. The summed E-state index contributed by atoms with van der Waals surface area (Å²) >= 11 is 0. The van der Waals surface area contributed by atoms with Gasteiger partial charge in [-0.25, -0.2) is 0 Å². The van der Waals surface area contributed by atoms with E-state index in [9.17, 15) is 9.59 Å². The van der Waals surface area contributed by atoms with Crippen molar-refractivity contribution in [3.8, 4) is 0 Å². The first-order valence-corrected chi connectivity index (χ1v) is 11.0. The molecule has 28 heavy (non-hydrogen) atoms. The van der Waals surface area contributed by atoms with Crippen molar-refractivity contribution in [1.82, 2.24) is 4.90 Å². The predicted octanol–water partition coefficient (Wildman–Crippen LogP) is 4.02. The van der Waals surface area contributed by atoms with Gasteiger partial charge >= 0.3 is 0 Å². The van der Waals surface area contributed by atoms with Gasteiger partial charge in [-0.05, 0) is 74.8 Å². The van der Waals surface area contributed by atoms with E-state index in [0.29, 0.717) is 19.4 Å². The molecule has 1 aliphatic heterocycles. The Morgan fingerprint density at radius 2 is 1.68 bits per heavy atom. The molecule has 1 aromatic rings. The second-order valence-corrected chi connectivity index (χ2v) is 9.65. The zero-order chi connectivity index (χ0) is 19.1. The molecule has 0 radical (unpaired) electrons. The molecule has 0 spiro atoms. The molecule has 4 bridgehead atoms. The molecule has 1 aromatic carbocycles. The van der Waals surface area contributed by atoms with Gasteiger partial charge in [-0.15, -0.1) is 0 Å². The number of rotatable bonds is 6. The zero-order valence-corrected chi connectivity index (χ0v) is 16.6. The highest BCUT2D eigenvalue weighted by atomic mass is 16.2.